The molecule has 0 fully saturated rings. The fourth-order valence-electron chi connectivity index (χ4n) is 2.74. The molecule has 1 aromatic heterocycles. The zero-order chi connectivity index (χ0) is 23.1. The fourth-order valence-corrected chi connectivity index (χ4v) is 3.47. The predicted molar refractivity (Wildman–Crippen MR) is 117 cm³/mol. The van der Waals surface area contributed by atoms with E-state index in [1.165, 1.54) is 26.4 Å². The number of anilines is 1. The van der Waals surface area contributed by atoms with Crippen molar-refractivity contribution < 1.29 is 23.5 Å². The predicted octanol–water partition coefficient (Wildman–Crippen LogP) is 2.63. The van der Waals surface area contributed by atoms with Crippen molar-refractivity contribution >= 4 is 29.3 Å². The van der Waals surface area contributed by atoms with Crippen molar-refractivity contribution in [3.63, 3.8) is 0 Å². The number of thioether (sulfide) groups is 1. The van der Waals surface area contributed by atoms with Crippen molar-refractivity contribution in [1.82, 2.24) is 20.1 Å². The molecule has 11 heteroatoms. The molecule has 2 amide bonds. The van der Waals surface area contributed by atoms with Gasteiger partial charge in [-0.3, -0.25) is 9.59 Å². The van der Waals surface area contributed by atoms with Crippen molar-refractivity contribution in [1.29, 1.82) is 0 Å². The Morgan fingerprint density at radius 1 is 1.09 bits per heavy atom. The summed E-state index contributed by atoms with van der Waals surface area (Å²) in [7, 11) is 4.74. The molecule has 32 heavy (non-hydrogen) atoms. The van der Waals surface area contributed by atoms with Gasteiger partial charge in [-0.25, -0.2) is 4.39 Å². The summed E-state index contributed by atoms with van der Waals surface area (Å²) in [6, 6.07) is 10.8. The van der Waals surface area contributed by atoms with Crippen LogP contribution in [0.5, 0.6) is 11.5 Å². The number of nitrogens with one attached hydrogen (secondary N) is 2. The first-order valence-corrected chi connectivity index (χ1v) is 10.5. The number of nitrogens with zero attached hydrogens (tertiary/aromatic N) is 3. The number of para-hydroxylation sites is 1. The minimum absolute atomic E-state index is 0.0261. The van der Waals surface area contributed by atoms with E-state index in [2.05, 4.69) is 20.8 Å². The molecule has 0 aliphatic heterocycles. The minimum atomic E-state index is -0.503. The Labute approximate surface area is 188 Å². The van der Waals surface area contributed by atoms with Gasteiger partial charge in [-0.05, 0) is 30.3 Å². The van der Waals surface area contributed by atoms with Gasteiger partial charge in [0.1, 0.15) is 5.82 Å². The molecule has 0 aliphatic carbocycles. The molecule has 1 heterocycles. The van der Waals surface area contributed by atoms with E-state index in [1.807, 2.05) is 0 Å². The number of rotatable bonds is 9. The number of hydrogen-bond donors (Lipinski definition) is 2. The van der Waals surface area contributed by atoms with Crippen molar-refractivity contribution in [2.75, 3.05) is 25.3 Å². The zero-order valence-electron chi connectivity index (χ0n) is 17.7. The standard InChI is InChI=1S/C21H22FN5O4S/c1-27-18(11-23-20(29)13-8-9-16(30-2)17(10-13)31-3)25-26-21(27)32-12-19(28)24-15-7-5-4-6-14(15)22/h4-10H,11-12H2,1-3H3,(H,23,29)(H,24,28). The van der Waals surface area contributed by atoms with E-state index in [4.69, 9.17) is 9.47 Å². The van der Waals surface area contributed by atoms with E-state index in [-0.39, 0.29) is 29.8 Å². The third kappa shape index (κ3) is 5.55. The maximum absolute atomic E-state index is 13.6. The highest BCUT2D eigenvalue weighted by Gasteiger charge is 2.15. The summed E-state index contributed by atoms with van der Waals surface area (Å²) < 4.78 is 25.7. The summed E-state index contributed by atoms with van der Waals surface area (Å²) in [5.41, 5.74) is 0.527. The van der Waals surface area contributed by atoms with Gasteiger partial charge in [0, 0.05) is 12.6 Å². The quantitative estimate of drug-likeness (QED) is 0.474. The van der Waals surface area contributed by atoms with Gasteiger partial charge in [0.25, 0.3) is 5.91 Å². The number of ether oxygens (including phenoxy) is 2. The lowest BCUT2D eigenvalue weighted by atomic mass is 10.2. The normalized spacial score (nSPS) is 10.5. The lowest BCUT2D eigenvalue weighted by Gasteiger charge is -2.10. The van der Waals surface area contributed by atoms with Gasteiger partial charge >= 0.3 is 0 Å². The fraction of sp³-hybridized carbons (Fsp3) is 0.238. The number of aromatic nitrogens is 3. The second kappa shape index (κ2) is 10.6. The molecule has 0 aliphatic rings. The first-order valence-electron chi connectivity index (χ1n) is 9.48. The number of hydrogen-bond acceptors (Lipinski definition) is 7. The van der Waals surface area contributed by atoms with Gasteiger partial charge in [-0.1, -0.05) is 23.9 Å². The molecule has 2 N–H and O–H groups in total. The maximum atomic E-state index is 13.6. The molecule has 168 valence electrons. The Hall–Kier alpha value is -3.60. The lowest BCUT2D eigenvalue weighted by Crippen LogP contribution is -2.24. The number of amides is 2. The molecule has 0 saturated heterocycles. The van der Waals surface area contributed by atoms with Crippen LogP contribution in [0.2, 0.25) is 0 Å². The highest BCUT2D eigenvalue weighted by atomic mass is 32.2. The van der Waals surface area contributed by atoms with Crippen molar-refractivity contribution in [2.24, 2.45) is 7.05 Å². The molecule has 2 aromatic carbocycles. The number of carbonyl (C=O) groups excluding carboxylic acids is 2. The highest BCUT2D eigenvalue weighted by Crippen LogP contribution is 2.27. The molecule has 3 rings (SSSR count). The number of carbonyl (C=O) groups is 2. The Morgan fingerprint density at radius 3 is 2.56 bits per heavy atom. The van der Waals surface area contributed by atoms with Crippen LogP contribution in [0.1, 0.15) is 16.2 Å². The van der Waals surface area contributed by atoms with Crippen LogP contribution < -0.4 is 20.1 Å². The summed E-state index contributed by atoms with van der Waals surface area (Å²) in [6.45, 7) is 0.138. The highest BCUT2D eigenvalue weighted by molar-refractivity contribution is 7.99. The monoisotopic (exact) mass is 459 g/mol. The summed E-state index contributed by atoms with van der Waals surface area (Å²) in [4.78, 5) is 24.6. The first kappa shape index (κ1) is 23.1. The van der Waals surface area contributed by atoms with Crippen LogP contribution in [-0.4, -0.2) is 46.6 Å². The molecule has 3 aromatic rings. The van der Waals surface area contributed by atoms with Gasteiger partial charge in [0.2, 0.25) is 5.91 Å². The SMILES string of the molecule is COc1ccc(C(=O)NCc2nnc(SCC(=O)Nc3ccccc3F)n2C)cc1OC. The minimum Gasteiger partial charge on any atom is -0.493 e. The van der Waals surface area contributed by atoms with E-state index in [0.29, 0.717) is 28.0 Å². The maximum Gasteiger partial charge on any atom is 0.251 e. The van der Waals surface area contributed by atoms with Gasteiger partial charge in [-0.2, -0.15) is 0 Å². The molecular formula is C21H22FN5O4S. The summed E-state index contributed by atoms with van der Waals surface area (Å²) in [5, 5.41) is 13.9. The summed E-state index contributed by atoms with van der Waals surface area (Å²) in [5.74, 6) is 0.328. The van der Waals surface area contributed by atoms with Gasteiger partial charge in [-0.15, -0.1) is 10.2 Å². The third-order valence-corrected chi connectivity index (χ3v) is 5.48. The smallest absolute Gasteiger partial charge is 0.251 e. The van der Waals surface area contributed by atoms with Crippen molar-refractivity contribution in [3.05, 3.63) is 59.7 Å². The van der Waals surface area contributed by atoms with E-state index >= 15 is 0 Å². The lowest BCUT2D eigenvalue weighted by molar-refractivity contribution is -0.113. The summed E-state index contributed by atoms with van der Waals surface area (Å²) >= 11 is 1.15. The van der Waals surface area contributed by atoms with E-state index in [9.17, 15) is 14.0 Å². The molecule has 0 atom stereocenters. The Balaban J connectivity index is 1.55. The number of halogens is 1. The van der Waals surface area contributed by atoms with E-state index < -0.39 is 5.82 Å². The Morgan fingerprint density at radius 2 is 1.84 bits per heavy atom. The van der Waals surface area contributed by atoms with Crippen LogP contribution in [-0.2, 0) is 18.4 Å². The topological polar surface area (TPSA) is 107 Å². The van der Waals surface area contributed by atoms with Gasteiger partial charge < -0.3 is 24.7 Å². The van der Waals surface area contributed by atoms with E-state index in [0.717, 1.165) is 11.8 Å². The molecule has 0 saturated carbocycles. The second-order valence-corrected chi connectivity index (χ2v) is 7.47. The molecule has 0 bridgehead atoms. The van der Waals surface area contributed by atoms with E-state index in [1.54, 1.807) is 41.9 Å². The molecule has 0 radical (unpaired) electrons. The van der Waals surface area contributed by atoms with Crippen LogP contribution in [0, 0.1) is 5.82 Å². The molecular weight excluding hydrogens is 437 g/mol. The molecule has 0 unspecified atom stereocenters. The largest absolute Gasteiger partial charge is 0.493 e. The van der Waals surface area contributed by atoms with Crippen LogP contribution in [0.3, 0.4) is 0 Å². The Bertz CT molecular complexity index is 1120. The van der Waals surface area contributed by atoms with Gasteiger partial charge in [0.15, 0.2) is 22.5 Å². The number of benzene rings is 2. The van der Waals surface area contributed by atoms with Crippen LogP contribution in [0.15, 0.2) is 47.6 Å². The van der Waals surface area contributed by atoms with Crippen LogP contribution in [0.25, 0.3) is 0 Å². The second-order valence-electron chi connectivity index (χ2n) is 6.53. The third-order valence-electron chi connectivity index (χ3n) is 4.46. The van der Waals surface area contributed by atoms with Crippen molar-refractivity contribution in [3.8, 4) is 11.5 Å². The summed E-state index contributed by atoms with van der Waals surface area (Å²) in [6.07, 6.45) is 0. The van der Waals surface area contributed by atoms with Gasteiger partial charge in [0.05, 0.1) is 32.2 Å². The Kier molecular flexibility index (Phi) is 7.66. The average Bonchev–Trinajstić information content (AvgIpc) is 3.16. The zero-order valence-corrected chi connectivity index (χ0v) is 18.5. The average molecular weight is 460 g/mol. The first-order chi connectivity index (χ1) is 15.4. The molecule has 9 nitrogen and oxygen atoms in total. The van der Waals surface area contributed by atoms with Crippen LogP contribution in [0.4, 0.5) is 10.1 Å². The molecule has 0 spiro atoms. The van der Waals surface area contributed by atoms with Crippen LogP contribution >= 0.6 is 11.8 Å². The number of methoxy groups -OCH3 is 2. The van der Waals surface area contributed by atoms with Crippen molar-refractivity contribution in [2.45, 2.75) is 11.7 Å².